The van der Waals surface area contributed by atoms with Crippen LogP contribution in [0.5, 0.6) is 11.5 Å². The number of aliphatic hydroxyl groups excluding tert-OH is 3. The first kappa shape index (κ1) is 16.1. The summed E-state index contributed by atoms with van der Waals surface area (Å²) in [5, 5.41) is 62.1. The smallest absolute Gasteiger partial charge is 0.157 e. The van der Waals surface area contributed by atoms with Crippen LogP contribution in [0.4, 0.5) is 0 Å². The summed E-state index contributed by atoms with van der Waals surface area (Å²) in [6.07, 6.45) is -1.62. The summed E-state index contributed by atoms with van der Waals surface area (Å²) < 4.78 is 0. The van der Waals surface area contributed by atoms with Crippen LogP contribution in [-0.4, -0.2) is 54.6 Å². The van der Waals surface area contributed by atoms with Gasteiger partial charge in [-0.05, 0) is 60.8 Å². The van der Waals surface area contributed by atoms with Crippen LogP contribution in [-0.2, 0) is 6.42 Å². The molecule has 6 heteroatoms. The third-order valence-corrected chi connectivity index (χ3v) is 7.05. The molecule has 3 aliphatic rings. The fraction of sp³-hybridized carbons (Fsp3) is 0.667. The van der Waals surface area contributed by atoms with Crippen LogP contribution in [0.25, 0.3) is 0 Å². The Morgan fingerprint density at radius 1 is 1.00 bits per heavy atom. The van der Waals surface area contributed by atoms with Crippen LogP contribution in [0.15, 0.2) is 12.1 Å². The number of hydrogen-bond acceptors (Lipinski definition) is 6. The number of aryl methyl sites for hydroxylation is 1. The Morgan fingerprint density at radius 2 is 1.67 bits per heavy atom. The zero-order valence-electron chi connectivity index (χ0n) is 13.6. The van der Waals surface area contributed by atoms with E-state index in [1.165, 1.54) is 0 Å². The molecule has 0 saturated heterocycles. The molecule has 24 heavy (non-hydrogen) atoms. The van der Waals surface area contributed by atoms with Crippen molar-refractivity contribution in [3.63, 3.8) is 0 Å². The monoisotopic (exact) mass is 336 g/mol. The number of benzene rings is 1. The molecular weight excluding hydrogens is 312 g/mol. The Balaban J connectivity index is 1.82. The molecule has 6 nitrogen and oxygen atoms in total. The van der Waals surface area contributed by atoms with Crippen LogP contribution in [0.3, 0.4) is 0 Å². The van der Waals surface area contributed by atoms with Crippen molar-refractivity contribution in [2.75, 3.05) is 0 Å². The number of fused-ring (bicyclic) bond motifs is 5. The van der Waals surface area contributed by atoms with E-state index >= 15 is 0 Å². The largest absolute Gasteiger partial charge is 0.504 e. The van der Waals surface area contributed by atoms with Gasteiger partial charge in [0.25, 0.3) is 0 Å². The molecule has 3 aliphatic carbocycles. The molecule has 0 aromatic heterocycles. The first-order valence-corrected chi connectivity index (χ1v) is 8.53. The van der Waals surface area contributed by atoms with Crippen LogP contribution < -0.4 is 0 Å². The third kappa shape index (κ3) is 1.69. The average Bonchev–Trinajstić information content (AvgIpc) is 2.69. The Hall–Kier alpha value is -1.34. The van der Waals surface area contributed by atoms with E-state index in [0.29, 0.717) is 25.7 Å². The maximum atomic E-state index is 11.4. The highest BCUT2D eigenvalue weighted by atomic mass is 16.4. The molecule has 0 unspecified atom stereocenters. The Morgan fingerprint density at radius 3 is 2.38 bits per heavy atom. The minimum absolute atomic E-state index is 0.0922. The van der Waals surface area contributed by atoms with Crippen molar-refractivity contribution in [3.05, 3.63) is 23.3 Å². The quantitative estimate of drug-likeness (QED) is 0.381. The molecule has 6 N–H and O–H groups in total. The molecule has 0 amide bonds. The number of phenolic OH excluding ortho intramolecular Hbond substituents is 2. The van der Waals surface area contributed by atoms with Gasteiger partial charge in [-0.15, -0.1) is 0 Å². The number of aromatic hydroxyl groups is 2. The van der Waals surface area contributed by atoms with Gasteiger partial charge in [0.15, 0.2) is 11.5 Å². The van der Waals surface area contributed by atoms with Crippen molar-refractivity contribution in [2.45, 2.75) is 62.4 Å². The zero-order chi connectivity index (χ0) is 17.4. The van der Waals surface area contributed by atoms with E-state index in [1.807, 2.05) is 0 Å². The highest BCUT2D eigenvalue weighted by Crippen LogP contribution is 2.63. The van der Waals surface area contributed by atoms with Gasteiger partial charge in [0.05, 0.1) is 6.10 Å². The standard InChI is InChI=1S/C18H24O6/c1-17-5-4-9-10-7-13(20)12(19)6-8(10)2-3-11(9)18(17,24)16(23)14(21)15(17)22/h6-7,9,11,14-16,19-24H,2-5H2,1H3/t9-,11-,14+,15-,16+,17-,18+/m1/s1. The molecule has 1 aromatic carbocycles. The van der Waals surface area contributed by atoms with Crippen molar-refractivity contribution in [2.24, 2.45) is 11.3 Å². The number of rotatable bonds is 0. The Kier molecular flexibility index (Phi) is 3.26. The van der Waals surface area contributed by atoms with Crippen LogP contribution in [0, 0.1) is 11.3 Å². The van der Waals surface area contributed by atoms with Gasteiger partial charge < -0.3 is 30.6 Å². The molecule has 132 valence electrons. The van der Waals surface area contributed by atoms with Crippen molar-refractivity contribution >= 4 is 0 Å². The molecule has 4 rings (SSSR count). The number of aliphatic hydroxyl groups is 4. The topological polar surface area (TPSA) is 121 Å². The van der Waals surface area contributed by atoms with Gasteiger partial charge in [0.2, 0.25) is 0 Å². The summed E-state index contributed by atoms with van der Waals surface area (Å²) in [7, 11) is 0. The lowest BCUT2D eigenvalue weighted by Crippen LogP contribution is -2.62. The minimum Gasteiger partial charge on any atom is -0.504 e. The Labute approximate surface area is 140 Å². The molecule has 7 atom stereocenters. The molecule has 0 spiro atoms. The molecule has 0 aliphatic heterocycles. The minimum atomic E-state index is -1.58. The van der Waals surface area contributed by atoms with Gasteiger partial charge in [-0.1, -0.05) is 6.92 Å². The maximum Gasteiger partial charge on any atom is 0.157 e. The second-order valence-electron chi connectivity index (χ2n) is 7.95. The molecule has 0 radical (unpaired) electrons. The molecule has 0 heterocycles. The van der Waals surface area contributed by atoms with Gasteiger partial charge in [-0.2, -0.15) is 0 Å². The second kappa shape index (κ2) is 4.85. The summed E-state index contributed by atoms with van der Waals surface area (Å²) in [5.74, 6) is -0.764. The summed E-state index contributed by atoms with van der Waals surface area (Å²) in [4.78, 5) is 0. The number of hydrogen-bond donors (Lipinski definition) is 6. The Bertz CT molecular complexity index is 690. The molecule has 0 bridgehead atoms. The summed E-state index contributed by atoms with van der Waals surface area (Å²) >= 11 is 0. The highest BCUT2D eigenvalue weighted by Gasteiger charge is 2.71. The van der Waals surface area contributed by atoms with E-state index in [1.54, 1.807) is 19.1 Å². The lowest BCUT2D eigenvalue weighted by Gasteiger charge is -2.55. The van der Waals surface area contributed by atoms with Gasteiger partial charge in [-0.3, -0.25) is 0 Å². The maximum absolute atomic E-state index is 11.4. The SMILES string of the molecule is C[C@]12CC[C@@H]3c4cc(O)c(O)cc4CC[C@H]3[C@]1(O)[C@@H](O)[C@@H](O)[C@H]2O. The summed E-state index contributed by atoms with van der Waals surface area (Å²) in [6.45, 7) is 1.73. The normalized spacial score (nSPS) is 47.0. The third-order valence-electron chi connectivity index (χ3n) is 7.05. The fourth-order valence-electron chi connectivity index (χ4n) is 5.64. The molecular formula is C18H24O6. The van der Waals surface area contributed by atoms with Crippen molar-refractivity contribution in [3.8, 4) is 11.5 Å². The lowest BCUT2D eigenvalue weighted by atomic mass is 9.52. The first-order valence-electron chi connectivity index (χ1n) is 8.53. The predicted octanol–water partition coefficient (Wildman–Crippen LogP) is 0.371. The van der Waals surface area contributed by atoms with Crippen molar-refractivity contribution in [1.29, 1.82) is 0 Å². The van der Waals surface area contributed by atoms with Crippen LogP contribution in [0.2, 0.25) is 0 Å². The zero-order valence-corrected chi connectivity index (χ0v) is 13.6. The van der Waals surface area contributed by atoms with Gasteiger partial charge >= 0.3 is 0 Å². The van der Waals surface area contributed by atoms with E-state index in [-0.39, 0.29) is 23.3 Å². The highest BCUT2D eigenvalue weighted by molar-refractivity contribution is 5.49. The van der Waals surface area contributed by atoms with Crippen molar-refractivity contribution in [1.82, 2.24) is 0 Å². The van der Waals surface area contributed by atoms with E-state index < -0.39 is 29.3 Å². The van der Waals surface area contributed by atoms with E-state index in [9.17, 15) is 30.6 Å². The average molecular weight is 336 g/mol. The summed E-state index contributed by atoms with van der Waals surface area (Å²) in [5.41, 5.74) is -0.740. The van der Waals surface area contributed by atoms with Crippen LogP contribution in [0.1, 0.15) is 43.2 Å². The van der Waals surface area contributed by atoms with Crippen LogP contribution >= 0.6 is 0 Å². The fourth-order valence-corrected chi connectivity index (χ4v) is 5.64. The summed E-state index contributed by atoms with van der Waals surface area (Å²) in [6, 6.07) is 3.11. The van der Waals surface area contributed by atoms with Gasteiger partial charge in [0.1, 0.15) is 17.8 Å². The lowest BCUT2D eigenvalue weighted by molar-refractivity contribution is -0.199. The van der Waals surface area contributed by atoms with E-state index in [4.69, 9.17) is 0 Å². The van der Waals surface area contributed by atoms with E-state index in [0.717, 1.165) is 11.1 Å². The predicted molar refractivity (Wildman–Crippen MR) is 84.6 cm³/mol. The van der Waals surface area contributed by atoms with Gasteiger partial charge in [-0.25, -0.2) is 0 Å². The molecule has 2 saturated carbocycles. The second-order valence-corrected chi connectivity index (χ2v) is 7.95. The first-order chi connectivity index (χ1) is 11.2. The number of phenols is 2. The molecule has 2 fully saturated rings. The van der Waals surface area contributed by atoms with Gasteiger partial charge in [0, 0.05) is 5.41 Å². The van der Waals surface area contributed by atoms with Crippen molar-refractivity contribution < 1.29 is 30.6 Å². The van der Waals surface area contributed by atoms with E-state index in [2.05, 4.69) is 0 Å². The molecule has 1 aromatic rings.